The third kappa shape index (κ3) is 5.37. The van der Waals surface area contributed by atoms with Gasteiger partial charge in [0.1, 0.15) is 0 Å². The van der Waals surface area contributed by atoms with Crippen molar-refractivity contribution >= 4 is 44.3 Å². The van der Waals surface area contributed by atoms with Gasteiger partial charge in [-0.05, 0) is 42.7 Å². The number of piperazine rings is 1. The summed E-state index contributed by atoms with van der Waals surface area (Å²) in [5, 5.41) is 1.83. The number of hydrogen-bond donors (Lipinski definition) is 0. The van der Waals surface area contributed by atoms with E-state index < -0.39 is 0 Å². The lowest BCUT2D eigenvalue weighted by Crippen LogP contribution is -2.52. The van der Waals surface area contributed by atoms with E-state index in [1.165, 1.54) is 5.56 Å². The number of ether oxygens (including phenoxy) is 1. The predicted octanol–water partition coefficient (Wildman–Crippen LogP) is 5.16. The largest absolute Gasteiger partial charge is 0.466 e. The molecule has 1 unspecified atom stereocenters. The van der Waals surface area contributed by atoms with E-state index in [0.29, 0.717) is 19.1 Å². The van der Waals surface area contributed by atoms with Crippen LogP contribution in [0.15, 0.2) is 42.5 Å². The number of anilines is 1. The molecule has 1 aliphatic heterocycles. The SMILES string of the molecule is CCOC(=O)Cc1cccc(CN2CCN(c3nc4ccc(Cl)cc4s3)CC2CC)c1. The molecule has 0 spiro atoms. The van der Waals surface area contributed by atoms with Crippen LogP contribution in [-0.2, 0) is 22.5 Å². The number of thiazole rings is 1. The van der Waals surface area contributed by atoms with Crippen LogP contribution in [0.1, 0.15) is 31.4 Å². The summed E-state index contributed by atoms with van der Waals surface area (Å²) in [6, 6.07) is 14.7. The van der Waals surface area contributed by atoms with Gasteiger partial charge in [0.05, 0.1) is 23.2 Å². The zero-order valence-corrected chi connectivity index (χ0v) is 19.6. The van der Waals surface area contributed by atoms with Gasteiger partial charge in [-0.1, -0.05) is 54.1 Å². The Kier molecular flexibility index (Phi) is 7.10. The van der Waals surface area contributed by atoms with Gasteiger partial charge in [-0.15, -0.1) is 0 Å². The van der Waals surface area contributed by atoms with Crippen LogP contribution in [0.3, 0.4) is 0 Å². The van der Waals surface area contributed by atoms with E-state index in [-0.39, 0.29) is 5.97 Å². The van der Waals surface area contributed by atoms with Crippen LogP contribution >= 0.6 is 22.9 Å². The van der Waals surface area contributed by atoms with Gasteiger partial charge < -0.3 is 9.64 Å². The molecule has 4 rings (SSSR count). The summed E-state index contributed by atoms with van der Waals surface area (Å²) >= 11 is 7.86. The zero-order valence-electron chi connectivity index (χ0n) is 18.0. The first-order chi connectivity index (χ1) is 15.1. The molecular weight excluding hydrogens is 430 g/mol. The van der Waals surface area contributed by atoms with Gasteiger partial charge in [0, 0.05) is 37.2 Å². The van der Waals surface area contributed by atoms with Gasteiger partial charge in [0.15, 0.2) is 5.13 Å². The van der Waals surface area contributed by atoms with Crippen LogP contribution in [0.4, 0.5) is 5.13 Å². The molecule has 2 aromatic carbocycles. The normalized spacial score (nSPS) is 17.3. The second kappa shape index (κ2) is 9.98. The number of halogens is 1. The van der Waals surface area contributed by atoms with Crippen LogP contribution in [0, 0.1) is 0 Å². The molecule has 0 aliphatic carbocycles. The van der Waals surface area contributed by atoms with Crippen molar-refractivity contribution < 1.29 is 9.53 Å². The number of carbonyl (C=O) groups excluding carboxylic acids is 1. The Morgan fingerprint density at radius 1 is 1.19 bits per heavy atom. The van der Waals surface area contributed by atoms with Crippen molar-refractivity contribution in [2.24, 2.45) is 0 Å². The summed E-state index contributed by atoms with van der Waals surface area (Å²) in [6.45, 7) is 8.29. The second-order valence-corrected chi connectivity index (χ2v) is 9.33. The van der Waals surface area contributed by atoms with Crippen molar-refractivity contribution in [2.75, 3.05) is 31.1 Å². The molecule has 0 bridgehead atoms. The first-order valence-corrected chi connectivity index (χ1v) is 12.0. The maximum atomic E-state index is 11.8. The molecule has 0 saturated carbocycles. The van der Waals surface area contributed by atoms with Gasteiger partial charge in [-0.3, -0.25) is 9.69 Å². The zero-order chi connectivity index (χ0) is 21.8. The third-order valence-corrected chi connectivity index (χ3v) is 7.03. The van der Waals surface area contributed by atoms with Crippen molar-refractivity contribution in [2.45, 2.75) is 39.3 Å². The number of esters is 1. The van der Waals surface area contributed by atoms with E-state index in [2.05, 4.69) is 28.9 Å². The fourth-order valence-electron chi connectivity index (χ4n) is 4.13. The maximum absolute atomic E-state index is 11.8. The lowest BCUT2D eigenvalue weighted by Gasteiger charge is -2.41. The van der Waals surface area contributed by atoms with E-state index in [1.807, 2.05) is 37.3 Å². The Hall–Kier alpha value is -2.15. The molecule has 3 aromatic rings. The monoisotopic (exact) mass is 457 g/mol. The highest BCUT2D eigenvalue weighted by molar-refractivity contribution is 7.22. The van der Waals surface area contributed by atoms with Crippen LogP contribution < -0.4 is 4.90 Å². The van der Waals surface area contributed by atoms with Gasteiger partial charge in [0.2, 0.25) is 0 Å². The predicted molar refractivity (Wildman–Crippen MR) is 128 cm³/mol. The van der Waals surface area contributed by atoms with E-state index in [1.54, 1.807) is 11.3 Å². The average molecular weight is 458 g/mol. The minimum absolute atomic E-state index is 0.170. The Morgan fingerprint density at radius 2 is 2.03 bits per heavy atom. The summed E-state index contributed by atoms with van der Waals surface area (Å²) in [5.41, 5.74) is 3.26. The van der Waals surface area contributed by atoms with Crippen molar-refractivity contribution in [3.63, 3.8) is 0 Å². The Balaban J connectivity index is 1.42. The number of hydrogen-bond acceptors (Lipinski definition) is 6. The van der Waals surface area contributed by atoms with E-state index >= 15 is 0 Å². The molecule has 2 heterocycles. The smallest absolute Gasteiger partial charge is 0.310 e. The number of benzene rings is 2. The number of rotatable bonds is 7. The molecule has 1 aromatic heterocycles. The standard InChI is InChI=1S/C24H28ClN3O2S/c1-3-20-16-28(24-26-21-9-8-19(25)14-22(21)31-24)11-10-27(20)15-18-7-5-6-17(12-18)13-23(29)30-4-2/h5-9,12,14,20H,3-4,10-11,13,15-16H2,1-2H3. The molecule has 1 atom stereocenters. The fraction of sp³-hybridized carbons (Fsp3) is 0.417. The molecule has 1 aliphatic rings. The number of fused-ring (bicyclic) bond motifs is 1. The summed E-state index contributed by atoms with van der Waals surface area (Å²) in [6.07, 6.45) is 1.41. The average Bonchev–Trinajstić information content (AvgIpc) is 3.17. The topological polar surface area (TPSA) is 45.7 Å². The lowest BCUT2D eigenvalue weighted by molar-refractivity contribution is -0.142. The summed E-state index contributed by atoms with van der Waals surface area (Å²) in [4.78, 5) is 21.6. The Labute approximate surface area is 192 Å². The van der Waals surface area contributed by atoms with Crippen molar-refractivity contribution in [3.8, 4) is 0 Å². The quantitative estimate of drug-likeness (QED) is 0.459. The number of carbonyl (C=O) groups is 1. The molecule has 0 N–H and O–H groups in total. The summed E-state index contributed by atoms with van der Waals surface area (Å²) in [5.74, 6) is -0.170. The van der Waals surface area contributed by atoms with Gasteiger partial charge >= 0.3 is 5.97 Å². The Bertz CT molecular complexity index is 1050. The first kappa shape index (κ1) is 22.1. The highest BCUT2D eigenvalue weighted by Crippen LogP contribution is 2.32. The molecule has 1 fully saturated rings. The second-order valence-electron chi connectivity index (χ2n) is 7.89. The molecule has 7 heteroatoms. The summed E-state index contributed by atoms with van der Waals surface area (Å²) < 4.78 is 6.22. The van der Waals surface area contributed by atoms with Crippen molar-refractivity contribution in [3.05, 3.63) is 58.6 Å². The van der Waals surface area contributed by atoms with Crippen LogP contribution in [0.2, 0.25) is 5.02 Å². The lowest BCUT2D eigenvalue weighted by atomic mass is 10.0. The first-order valence-electron chi connectivity index (χ1n) is 10.8. The molecule has 0 radical (unpaired) electrons. The van der Waals surface area contributed by atoms with E-state index in [4.69, 9.17) is 21.3 Å². The third-order valence-electron chi connectivity index (χ3n) is 5.72. The van der Waals surface area contributed by atoms with Crippen molar-refractivity contribution in [1.29, 1.82) is 0 Å². The molecule has 164 valence electrons. The highest BCUT2D eigenvalue weighted by Gasteiger charge is 2.27. The molecule has 5 nitrogen and oxygen atoms in total. The van der Waals surface area contributed by atoms with Crippen molar-refractivity contribution in [1.82, 2.24) is 9.88 Å². The Morgan fingerprint density at radius 3 is 2.84 bits per heavy atom. The van der Waals surface area contributed by atoms with Gasteiger partial charge in [-0.2, -0.15) is 0 Å². The fourth-order valence-corrected chi connectivity index (χ4v) is 5.41. The maximum Gasteiger partial charge on any atom is 0.310 e. The minimum Gasteiger partial charge on any atom is -0.466 e. The minimum atomic E-state index is -0.170. The summed E-state index contributed by atoms with van der Waals surface area (Å²) in [7, 11) is 0. The van der Waals surface area contributed by atoms with E-state index in [0.717, 1.165) is 58.5 Å². The molecule has 0 amide bonds. The highest BCUT2D eigenvalue weighted by atomic mass is 35.5. The molecule has 31 heavy (non-hydrogen) atoms. The van der Waals surface area contributed by atoms with Crippen LogP contribution in [0.25, 0.3) is 10.2 Å². The van der Waals surface area contributed by atoms with Crippen LogP contribution in [0.5, 0.6) is 0 Å². The van der Waals surface area contributed by atoms with Gasteiger partial charge in [0.25, 0.3) is 0 Å². The number of nitrogens with zero attached hydrogens (tertiary/aromatic N) is 3. The molecule has 1 saturated heterocycles. The number of aromatic nitrogens is 1. The molecular formula is C24H28ClN3O2S. The van der Waals surface area contributed by atoms with E-state index in [9.17, 15) is 4.79 Å². The van der Waals surface area contributed by atoms with Gasteiger partial charge in [-0.25, -0.2) is 4.98 Å². The van der Waals surface area contributed by atoms with Crippen LogP contribution in [-0.4, -0.2) is 48.1 Å².